The third-order valence-corrected chi connectivity index (χ3v) is 2.58. The van der Waals surface area contributed by atoms with Crippen molar-refractivity contribution in [3.8, 4) is 5.75 Å². The number of benzene rings is 1. The number of hydrogen-bond acceptors (Lipinski definition) is 5. The molecule has 5 heteroatoms. The maximum atomic E-state index is 11.5. The van der Waals surface area contributed by atoms with Crippen LogP contribution in [0.25, 0.3) is 0 Å². The maximum absolute atomic E-state index is 11.5. The lowest BCUT2D eigenvalue weighted by Gasteiger charge is -2.19. The van der Waals surface area contributed by atoms with Gasteiger partial charge in [0.15, 0.2) is 0 Å². The molecule has 1 rings (SSSR count). The standard InChI is InChI=1S/C16H25NO4/c1-11(2)17-10-14(18)12-6-8-13(9-7-12)20-15(19)21-16(3,4)5/h6-9,11,14,17-18H,10H2,1-5H3/t14-/m0/s1. The van der Waals surface area contributed by atoms with E-state index < -0.39 is 17.9 Å². The van der Waals surface area contributed by atoms with E-state index in [1.165, 1.54) is 0 Å². The van der Waals surface area contributed by atoms with Gasteiger partial charge in [0.2, 0.25) is 0 Å². The summed E-state index contributed by atoms with van der Waals surface area (Å²) in [5.74, 6) is 0.386. The van der Waals surface area contributed by atoms with Crippen molar-refractivity contribution in [3.05, 3.63) is 29.8 Å². The molecule has 0 fully saturated rings. The van der Waals surface area contributed by atoms with Crippen LogP contribution in [-0.4, -0.2) is 29.4 Å². The van der Waals surface area contributed by atoms with E-state index in [1.807, 2.05) is 13.8 Å². The molecule has 0 amide bonds. The van der Waals surface area contributed by atoms with Gasteiger partial charge in [0.05, 0.1) is 6.10 Å². The molecule has 0 aromatic heterocycles. The van der Waals surface area contributed by atoms with E-state index in [-0.39, 0.29) is 0 Å². The Morgan fingerprint density at radius 1 is 1.24 bits per heavy atom. The smallest absolute Gasteiger partial charge is 0.428 e. The molecular formula is C16H25NO4. The summed E-state index contributed by atoms with van der Waals surface area (Å²) in [5.41, 5.74) is 0.176. The minimum Gasteiger partial charge on any atom is -0.428 e. The molecule has 0 unspecified atom stereocenters. The average molecular weight is 295 g/mol. The molecule has 118 valence electrons. The number of aliphatic hydroxyl groups excluding tert-OH is 1. The van der Waals surface area contributed by atoms with E-state index in [0.29, 0.717) is 18.3 Å². The molecule has 5 nitrogen and oxygen atoms in total. The monoisotopic (exact) mass is 295 g/mol. The van der Waals surface area contributed by atoms with Gasteiger partial charge in [-0.1, -0.05) is 26.0 Å². The van der Waals surface area contributed by atoms with Crippen molar-refractivity contribution in [3.63, 3.8) is 0 Å². The second kappa shape index (κ2) is 7.43. The number of nitrogens with one attached hydrogen (secondary N) is 1. The van der Waals surface area contributed by atoms with Gasteiger partial charge in [0, 0.05) is 12.6 Å². The minimum absolute atomic E-state index is 0.314. The van der Waals surface area contributed by atoms with E-state index >= 15 is 0 Å². The average Bonchev–Trinajstić information content (AvgIpc) is 2.34. The lowest BCUT2D eigenvalue weighted by atomic mass is 10.1. The van der Waals surface area contributed by atoms with Crippen molar-refractivity contribution in [2.24, 2.45) is 0 Å². The molecule has 1 aromatic rings. The van der Waals surface area contributed by atoms with Crippen LogP contribution >= 0.6 is 0 Å². The molecule has 1 atom stereocenters. The lowest BCUT2D eigenvalue weighted by molar-refractivity contribution is 0.0206. The summed E-state index contributed by atoms with van der Waals surface area (Å²) in [6.07, 6.45) is -1.33. The van der Waals surface area contributed by atoms with Crippen LogP contribution in [-0.2, 0) is 4.74 Å². The second-order valence-electron chi connectivity index (χ2n) is 6.21. The topological polar surface area (TPSA) is 67.8 Å². The number of hydrogen-bond donors (Lipinski definition) is 2. The molecule has 1 aromatic carbocycles. The van der Waals surface area contributed by atoms with E-state index in [2.05, 4.69) is 5.32 Å². The fraction of sp³-hybridized carbons (Fsp3) is 0.562. The van der Waals surface area contributed by atoms with Gasteiger partial charge in [-0.25, -0.2) is 4.79 Å². The highest BCUT2D eigenvalue weighted by atomic mass is 16.7. The van der Waals surface area contributed by atoms with E-state index in [1.54, 1.807) is 45.0 Å². The highest BCUT2D eigenvalue weighted by molar-refractivity contribution is 5.64. The minimum atomic E-state index is -0.739. The molecule has 0 aliphatic rings. The van der Waals surface area contributed by atoms with Crippen LogP contribution in [0.4, 0.5) is 4.79 Å². The first-order valence-corrected chi connectivity index (χ1v) is 7.09. The lowest BCUT2D eigenvalue weighted by Crippen LogP contribution is -2.27. The van der Waals surface area contributed by atoms with Crippen LogP contribution in [0.3, 0.4) is 0 Å². The van der Waals surface area contributed by atoms with Gasteiger partial charge >= 0.3 is 6.16 Å². The summed E-state index contributed by atoms with van der Waals surface area (Å²) in [6.45, 7) is 9.83. The van der Waals surface area contributed by atoms with Crippen molar-refractivity contribution >= 4 is 6.16 Å². The van der Waals surface area contributed by atoms with Gasteiger partial charge in [0.25, 0.3) is 0 Å². The van der Waals surface area contributed by atoms with Crippen LogP contribution in [0.2, 0.25) is 0 Å². The first kappa shape index (κ1) is 17.5. The number of ether oxygens (including phenoxy) is 2. The number of carbonyl (C=O) groups excluding carboxylic acids is 1. The Morgan fingerprint density at radius 3 is 2.29 bits per heavy atom. The van der Waals surface area contributed by atoms with E-state index in [9.17, 15) is 9.90 Å². The Labute approximate surface area is 126 Å². The van der Waals surface area contributed by atoms with Gasteiger partial charge in [0.1, 0.15) is 11.4 Å². The zero-order valence-corrected chi connectivity index (χ0v) is 13.3. The van der Waals surface area contributed by atoms with Gasteiger partial charge in [-0.15, -0.1) is 0 Å². The summed E-state index contributed by atoms with van der Waals surface area (Å²) < 4.78 is 10.1. The van der Waals surface area contributed by atoms with Crippen LogP contribution in [0.15, 0.2) is 24.3 Å². The summed E-state index contributed by atoms with van der Waals surface area (Å²) in [4.78, 5) is 11.5. The van der Waals surface area contributed by atoms with Crippen molar-refractivity contribution in [1.29, 1.82) is 0 Å². The largest absolute Gasteiger partial charge is 0.514 e. The SMILES string of the molecule is CC(C)NC[C@H](O)c1ccc(OC(=O)OC(C)(C)C)cc1. The molecule has 2 N–H and O–H groups in total. The summed E-state index contributed by atoms with van der Waals surface area (Å²) >= 11 is 0. The summed E-state index contributed by atoms with van der Waals surface area (Å²) in [6, 6.07) is 7.04. The normalized spacial score (nSPS) is 13.1. The van der Waals surface area contributed by atoms with Crippen molar-refractivity contribution in [2.75, 3.05) is 6.54 Å². The Morgan fingerprint density at radius 2 is 1.81 bits per heavy atom. The Balaban J connectivity index is 2.55. The fourth-order valence-electron chi connectivity index (χ4n) is 1.59. The zero-order chi connectivity index (χ0) is 16.0. The first-order chi connectivity index (χ1) is 9.67. The van der Waals surface area contributed by atoms with Crippen molar-refractivity contribution < 1.29 is 19.4 Å². The maximum Gasteiger partial charge on any atom is 0.514 e. The Bertz CT molecular complexity index is 448. The molecule has 0 heterocycles. The number of rotatable bonds is 5. The van der Waals surface area contributed by atoms with E-state index in [0.717, 1.165) is 5.56 Å². The van der Waals surface area contributed by atoms with Crippen molar-refractivity contribution in [1.82, 2.24) is 5.32 Å². The van der Waals surface area contributed by atoms with Crippen LogP contribution in [0.5, 0.6) is 5.75 Å². The van der Waals surface area contributed by atoms with Crippen molar-refractivity contribution in [2.45, 2.75) is 52.4 Å². The third kappa shape index (κ3) is 7.11. The molecule has 21 heavy (non-hydrogen) atoms. The molecule has 0 spiro atoms. The molecule has 0 aliphatic heterocycles. The third-order valence-electron chi connectivity index (χ3n) is 2.58. The van der Waals surface area contributed by atoms with Gasteiger partial charge in [-0.05, 0) is 38.5 Å². The summed E-state index contributed by atoms with van der Waals surface area (Å²) in [5, 5.41) is 13.2. The van der Waals surface area contributed by atoms with Crippen LogP contribution < -0.4 is 10.1 Å². The second-order valence-corrected chi connectivity index (χ2v) is 6.21. The van der Waals surface area contributed by atoms with E-state index in [4.69, 9.17) is 9.47 Å². The predicted molar refractivity (Wildman–Crippen MR) is 81.4 cm³/mol. The summed E-state index contributed by atoms with van der Waals surface area (Å²) in [7, 11) is 0. The zero-order valence-electron chi connectivity index (χ0n) is 13.3. The Hall–Kier alpha value is -1.59. The molecule has 0 saturated carbocycles. The predicted octanol–water partition coefficient (Wildman–Crippen LogP) is 3.03. The highest BCUT2D eigenvalue weighted by Crippen LogP contribution is 2.19. The Kier molecular flexibility index (Phi) is 6.18. The number of carbonyl (C=O) groups is 1. The van der Waals surface area contributed by atoms with Gasteiger partial charge < -0.3 is 19.9 Å². The first-order valence-electron chi connectivity index (χ1n) is 7.09. The molecular weight excluding hydrogens is 270 g/mol. The van der Waals surface area contributed by atoms with Gasteiger partial charge in [-0.3, -0.25) is 0 Å². The number of aliphatic hydroxyl groups is 1. The molecule has 0 aliphatic carbocycles. The highest BCUT2D eigenvalue weighted by Gasteiger charge is 2.18. The molecule has 0 saturated heterocycles. The quantitative estimate of drug-likeness (QED) is 0.645. The molecule has 0 bridgehead atoms. The van der Waals surface area contributed by atoms with Gasteiger partial charge in [-0.2, -0.15) is 0 Å². The van der Waals surface area contributed by atoms with Crippen LogP contribution in [0, 0.1) is 0 Å². The molecule has 0 radical (unpaired) electrons. The fourth-order valence-corrected chi connectivity index (χ4v) is 1.59. The van der Waals surface area contributed by atoms with Crippen LogP contribution in [0.1, 0.15) is 46.3 Å².